The highest BCUT2D eigenvalue weighted by Gasteiger charge is 2.35. The Morgan fingerprint density at radius 1 is 1.11 bits per heavy atom. The highest BCUT2D eigenvalue weighted by molar-refractivity contribution is 6.82. The first-order valence-electron chi connectivity index (χ1n) is 6.97. The maximum Gasteiger partial charge on any atom is 0.148 e. The van der Waals surface area contributed by atoms with E-state index >= 15 is 0 Å². The van der Waals surface area contributed by atoms with Crippen LogP contribution < -0.4 is 4.98 Å². The highest BCUT2D eigenvalue weighted by Crippen LogP contribution is 2.40. The van der Waals surface area contributed by atoms with Crippen molar-refractivity contribution >= 4 is 8.24 Å². The van der Waals surface area contributed by atoms with Gasteiger partial charge in [-0.2, -0.15) is 0 Å². The average Bonchev–Trinajstić information content (AvgIpc) is 2.42. The largest absolute Gasteiger partial charge is 0.333 e. The van der Waals surface area contributed by atoms with Gasteiger partial charge in [-0.05, 0) is 46.4 Å². The van der Waals surface area contributed by atoms with E-state index in [9.17, 15) is 0 Å². The van der Waals surface area contributed by atoms with Crippen molar-refractivity contribution in [1.82, 2.24) is 9.88 Å². The topological polar surface area (TPSA) is 15.3 Å². The molecule has 104 valence electrons. The maximum atomic E-state index is 3.85. The summed E-state index contributed by atoms with van der Waals surface area (Å²) in [6.07, 6.45) is 0. The molecule has 0 aromatic heterocycles. The van der Waals surface area contributed by atoms with E-state index in [4.69, 9.17) is 0 Å². The summed E-state index contributed by atoms with van der Waals surface area (Å²) >= 11 is 0. The lowest BCUT2D eigenvalue weighted by atomic mass is 10.1. The van der Waals surface area contributed by atoms with Crippen molar-refractivity contribution in [3.63, 3.8) is 0 Å². The number of likely N-dealkylation sites (N-methyl/N-ethyl adjacent to an activating group) is 1. The van der Waals surface area contributed by atoms with Gasteiger partial charge in [-0.15, -0.1) is 0 Å². The normalized spacial score (nSPS) is 21.5. The van der Waals surface area contributed by atoms with E-state index in [2.05, 4.69) is 64.8 Å². The molecule has 0 spiro atoms. The minimum atomic E-state index is -1.49. The third kappa shape index (κ3) is 3.14. The first-order chi connectivity index (χ1) is 8.18. The van der Waals surface area contributed by atoms with Crippen LogP contribution in [0.3, 0.4) is 0 Å². The van der Waals surface area contributed by atoms with Crippen LogP contribution in [-0.2, 0) is 0 Å². The van der Waals surface area contributed by atoms with E-state index in [1.54, 1.807) is 16.3 Å². The summed E-state index contributed by atoms with van der Waals surface area (Å²) in [5.41, 5.74) is 4.64. The van der Waals surface area contributed by atoms with Crippen LogP contribution in [0.5, 0.6) is 0 Å². The predicted octanol–water partition coefficient (Wildman–Crippen LogP) is 3.18. The summed E-state index contributed by atoms with van der Waals surface area (Å²) in [6, 6.07) is 0. The van der Waals surface area contributed by atoms with Crippen molar-refractivity contribution in [2.24, 2.45) is 5.92 Å². The van der Waals surface area contributed by atoms with Gasteiger partial charge in [-0.1, -0.05) is 36.4 Å². The average molecular weight is 267 g/mol. The van der Waals surface area contributed by atoms with Gasteiger partial charge in [0.15, 0.2) is 0 Å². The summed E-state index contributed by atoms with van der Waals surface area (Å²) < 4.78 is 0. The van der Waals surface area contributed by atoms with Crippen molar-refractivity contribution in [3.05, 3.63) is 21.9 Å². The molecular formula is C15H30N2Si. The summed E-state index contributed by atoms with van der Waals surface area (Å²) in [5.74, 6) is 0.638. The maximum absolute atomic E-state index is 3.85. The van der Waals surface area contributed by atoms with Crippen molar-refractivity contribution in [3.8, 4) is 0 Å². The molecule has 0 heterocycles. The molecule has 0 fully saturated rings. The Balaban J connectivity index is 2.81. The molecule has 0 bridgehead atoms. The Kier molecular flexibility index (Phi) is 4.98. The minimum Gasteiger partial charge on any atom is -0.333 e. The lowest BCUT2D eigenvalue weighted by Crippen LogP contribution is -2.50. The Bertz CT molecular complexity index is 378. The molecule has 0 radical (unpaired) electrons. The number of nitrogens with one attached hydrogen (secondary N) is 1. The van der Waals surface area contributed by atoms with Crippen LogP contribution in [-0.4, -0.2) is 40.3 Å². The molecule has 0 aromatic rings. The molecule has 1 aliphatic carbocycles. The van der Waals surface area contributed by atoms with Crippen LogP contribution in [0.2, 0.25) is 13.1 Å². The first kappa shape index (κ1) is 15.7. The van der Waals surface area contributed by atoms with E-state index in [-0.39, 0.29) is 0 Å². The second-order valence-corrected chi connectivity index (χ2v) is 10.6. The van der Waals surface area contributed by atoms with E-state index < -0.39 is 8.24 Å². The zero-order valence-electron chi connectivity index (χ0n) is 13.4. The van der Waals surface area contributed by atoms with Gasteiger partial charge in [-0.25, -0.2) is 0 Å². The van der Waals surface area contributed by atoms with Crippen LogP contribution in [0.15, 0.2) is 21.9 Å². The third-order valence-electron chi connectivity index (χ3n) is 4.44. The highest BCUT2D eigenvalue weighted by atomic mass is 28.3. The molecular weight excluding hydrogens is 236 g/mol. The zero-order valence-corrected chi connectivity index (χ0v) is 14.4. The Hall–Kier alpha value is -0.383. The van der Waals surface area contributed by atoms with Crippen molar-refractivity contribution < 1.29 is 0 Å². The van der Waals surface area contributed by atoms with Crippen LogP contribution in [0.1, 0.15) is 27.7 Å². The molecule has 1 unspecified atom stereocenters. The van der Waals surface area contributed by atoms with Gasteiger partial charge in [0.25, 0.3) is 0 Å². The molecule has 0 aromatic carbocycles. The predicted molar refractivity (Wildman–Crippen MR) is 84.3 cm³/mol. The molecule has 0 aliphatic heterocycles. The SMILES string of the molecule is CC1=C(C)C(C)C([Si](C)(C)NCCN(C)C)=C1C. The van der Waals surface area contributed by atoms with Crippen molar-refractivity contribution in [1.29, 1.82) is 0 Å². The Morgan fingerprint density at radius 2 is 1.67 bits per heavy atom. The Labute approximate surface area is 114 Å². The number of hydrogen-bond acceptors (Lipinski definition) is 2. The second-order valence-electron chi connectivity index (χ2n) is 6.42. The van der Waals surface area contributed by atoms with Crippen LogP contribution in [0.4, 0.5) is 0 Å². The smallest absolute Gasteiger partial charge is 0.148 e. The molecule has 1 atom stereocenters. The third-order valence-corrected chi connectivity index (χ3v) is 7.73. The van der Waals surface area contributed by atoms with Crippen molar-refractivity contribution in [2.45, 2.75) is 40.8 Å². The standard InChI is InChI=1S/C15H30N2Si/c1-11-12(2)14(4)15(13(11)3)18(7,8)16-9-10-17(5)6/h13,16H,9-10H2,1-8H3. The number of allylic oxidation sites excluding steroid dienone is 4. The van der Waals surface area contributed by atoms with Gasteiger partial charge in [0.05, 0.1) is 0 Å². The summed E-state index contributed by atoms with van der Waals surface area (Å²) in [6.45, 7) is 16.3. The van der Waals surface area contributed by atoms with E-state index in [1.807, 2.05) is 0 Å². The van der Waals surface area contributed by atoms with Gasteiger partial charge in [0.1, 0.15) is 8.24 Å². The molecule has 2 nitrogen and oxygen atoms in total. The lowest BCUT2D eigenvalue weighted by molar-refractivity contribution is 0.413. The van der Waals surface area contributed by atoms with Gasteiger partial charge in [0, 0.05) is 13.1 Å². The summed E-state index contributed by atoms with van der Waals surface area (Å²) in [4.78, 5) is 6.09. The number of rotatable bonds is 5. The molecule has 0 saturated heterocycles. The van der Waals surface area contributed by atoms with Crippen LogP contribution in [0.25, 0.3) is 0 Å². The van der Waals surface area contributed by atoms with Crippen molar-refractivity contribution in [2.75, 3.05) is 27.2 Å². The summed E-state index contributed by atoms with van der Waals surface area (Å²) in [7, 11) is 2.78. The lowest BCUT2D eigenvalue weighted by Gasteiger charge is -2.31. The monoisotopic (exact) mass is 266 g/mol. The molecule has 3 heteroatoms. The van der Waals surface area contributed by atoms with Gasteiger partial charge >= 0.3 is 0 Å². The second kappa shape index (κ2) is 5.72. The fourth-order valence-electron chi connectivity index (χ4n) is 3.06. The molecule has 0 saturated carbocycles. The molecule has 1 aliphatic rings. The van der Waals surface area contributed by atoms with Gasteiger partial charge in [-0.3, -0.25) is 0 Å². The van der Waals surface area contributed by atoms with Gasteiger partial charge in [0.2, 0.25) is 0 Å². The quantitative estimate of drug-likeness (QED) is 0.769. The van der Waals surface area contributed by atoms with Crippen LogP contribution in [0, 0.1) is 5.92 Å². The first-order valence-corrected chi connectivity index (χ1v) is 9.97. The fraction of sp³-hybridized carbons (Fsp3) is 0.733. The number of nitrogens with zero attached hydrogens (tertiary/aromatic N) is 1. The molecule has 18 heavy (non-hydrogen) atoms. The molecule has 1 N–H and O–H groups in total. The van der Waals surface area contributed by atoms with E-state index in [0.717, 1.165) is 13.1 Å². The molecule has 0 amide bonds. The van der Waals surface area contributed by atoms with E-state index in [0.29, 0.717) is 5.92 Å². The minimum absolute atomic E-state index is 0.638. The summed E-state index contributed by atoms with van der Waals surface area (Å²) in [5, 5.41) is 1.70. The van der Waals surface area contributed by atoms with Crippen LogP contribution >= 0.6 is 0 Å². The Morgan fingerprint density at radius 3 is 2.06 bits per heavy atom. The zero-order chi connectivity index (χ0) is 14.1. The molecule has 1 rings (SSSR count). The van der Waals surface area contributed by atoms with Gasteiger partial charge < -0.3 is 9.88 Å². The fourth-order valence-corrected chi connectivity index (χ4v) is 6.41. The number of hydrogen-bond donors (Lipinski definition) is 1. The van der Waals surface area contributed by atoms with E-state index in [1.165, 1.54) is 5.57 Å².